The normalized spacial score (nSPS) is 12.8. The third kappa shape index (κ3) is 4.63. The molecule has 1 heterocycles. The number of carbonyl (C=O) groups excluding carboxylic acids is 1. The smallest absolute Gasteiger partial charge is 0.222 e. The van der Waals surface area contributed by atoms with Crippen LogP contribution in [-0.4, -0.2) is 35.6 Å². The second kappa shape index (κ2) is 7.43. The van der Waals surface area contributed by atoms with Crippen LogP contribution in [0.2, 0.25) is 0 Å². The molecular weight excluding hydrogens is 254 g/mol. The molecule has 0 bridgehead atoms. The molecule has 0 aliphatic carbocycles. The monoisotopic (exact) mass is 281 g/mol. The van der Waals surface area contributed by atoms with Gasteiger partial charge in [-0.05, 0) is 32.6 Å². The average Bonchev–Trinajstić information content (AvgIpc) is 2.72. The zero-order valence-corrected chi connectivity index (χ0v) is 13.3. The van der Waals surface area contributed by atoms with E-state index in [1.807, 2.05) is 20.9 Å². The van der Waals surface area contributed by atoms with E-state index in [0.717, 1.165) is 23.4 Å². The maximum atomic E-state index is 12.1. The fourth-order valence-corrected chi connectivity index (χ4v) is 2.08. The number of hydrogen-bond donors (Lipinski definition) is 1. The number of carbonyl (C=O) groups is 1. The highest BCUT2D eigenvalue weighted by molar-refractivity contribution is 5.76. The summed E-state index contributed by atoms with van der Waals surface area (Å²) >= 11 is 0. The Kier molecular flexibility index (Phi) is 6.20. The summed E-state index contributed by atoms with van der Waals surface area (Å²) in [6, 6.07) is 0.146. The molecule has 20 heavy (non-hydrogen) atoms. The summed E-state index contributed by atoms with van der Waals surface area (Å²) in [5.74, 6) is 1.39. The Labute approximate surface area is 121 Å². The Bertz CT molecular complexity index is 421. The molecule has 5 heteroatoms. The summed E-state index contributed by atoms with van der Waals surface area (Å²) in [5, 5.41) is 3.90. The molecule has 0 aliphatic rings. The van der Waals surface area contributed by atoms with Gasteiger partial charge < -0.3 is 15.2 Å². The summed E-state index contributed by atoms with van der Waals surface area (Å²) in [5.41, 5.74) is 7.92. The van der Waals surface area contributed by atoms with Crippen LogP contribution >= 0.6 is 0 Å². The molecule has 1 aromatic rings. The first kappa shape index (κ1) is 16.7. The number of nitrogens with zero attached hydrogens (tertiary/aromatic N) is 2. The van der Waals surface area contributed by atoms with Gasteiger partial charge in [0.1, 0.15) is 5.76 Å². The van der Waals surface area contributed by atoms with Gasteiger partial charge in [-0.25, -0.2) is 0 Å². The number of hydrogen-bond acceptors (Lipinski definition) is 4. The van der Waals surface area contributed by atoms with E-state index in [9.17, 15) is 4.79 Å². The van der Waals surface area contributed by atoms with Crippen molar-refractivity contribution in [1.82, 2.24) is 10.1 Å². The van der Waals surface area contributed by atoms with Crippen LogP contribution in [0.4, 0.5) is 0 Å². The van der Waals surface area contributed by atoms with Crippen LogP contribution in [0.5, 0.6) is 0 Å². The van der Waals surface area contributed by atoms with E-state index in [4.69, 9.17) is 10.3 Å². The summed E-state index contributed by atoms with van der Waals surface area (Å²) < 4.78 is 5.10. The van der Waals surface area contributed by atoms with Crippen molar-refractivity contribution >= 4 is 5.91 Å². The standard InChI is InChI=1S/C15H27N3O2/c1-10(2)14(16)8-9-18(5)15(19)7-6-13-11(3)17-20-12(13)4/h10,14H,6-9,16H2,1-5H3. The van der Waals surface area contributed by atoms with Crippen LogP contribution in [0.3, 0.4) is 0 Å². The second-order valence-electron chi connectivity index (χ2n) is 5.81. The topological polar surface area (TPSA) is 72.4 Å². The van der Waals surface area contributed by atoms with E-state index < -0.39 is 0 Å². The Hall–Kier alpha value is -1.36. The van der Waals surface area contributed by atoms with Crippen LogP contribution in [0.15, 0.2) is 4.52 Å². The van der Waals surface area contributed by atoms with E-state index in [1.54, 1.807) is 4.90 Å². The lowest BCUT2D eigenvalue weighted by atomic mass is 10.0. The van der Waals surface area contributed by atoms with Crippen molar-refractivity contribution in [2.75, 3.05) is 13.6 Å². The van der Waals surface area contributed by atoms with Crippen LogP contribution in [0.1, 0.15) is 43.7 Å². The van der Waals surface area contributed by atoms with E-state index in [1.165, 1.54) is 0 Å². The zero-order valence-electron chi connectivity index (χ0n) is 13.3. The van der Waals surface area contributed by atoms with Gasteiger partial charge in [-0.2, -0.15) is 0 Å². The van der Waals surface area contributed by atoms with Gasteiger partial charge in [0, 0.05) is 31.6 Å². The molecule has 1 amide bonds. The summed E-state index contributed by atoms with van der Waals surface area (Å²) in [6.07, 6.45) is 2.00. The molecule has 1 rings (SSSR count). The Morgan fingerprint density at radius 1 is 1.40 bits per heavy atom. The molecule has 1 aromatic heterocycles. The van der Waals surface area contributed by atoms with E-state index in [0.29, 0.717) is 25.3 Å². The Morgan fingerprint density at radius 3 is 2.55 bits per heavy atom. The summed E-state index contributed by atoms with van der Waals surface area (Å²) in [6.45, 7) is 8.69. The van der Waals surface area contributed by atoms with Crippen molar-refractivity contribution in [3.63, 3.8) is 0 Å². The largest absolute Gasteiger partial charge is 0.361 e. The fourth-order valence-electron chi connectivity index (χ4n) is 2.08. The molecular formula is C15H27N3O2. The van der Waals surface area contributed by atoms with Crippen molar-refractivity contribution < 1.29 is 9.32 Å². The molecule has 0 aliphatic heterocycles. The van der Waals surface area contributed by atoms with E-state index in [2.05, 4.69) is 19.0 Å². The summed E-state index contributed by atoms with van der Waals surface area (Å²) in [7, 11) is 1.84. The number of aryl methyl sites for hydroxylation is 2. The van der Waals surface area contributed by atoms with Gasteiger partial charge in [-0.15, -0.1) is 0 Å². The number of nitrogens with two attached hydrogens (primary N) is 1. The minimum atomic E-state index is 0.140. The van der Waals surface area contributed by atoms with E-state index in [-0.39, 0.29) is 11.9 Å². The molecule has 2 N–H and O–H groups in total. The van der Waals surface area contributed by atoms with Crippen molar-refractivity contribution in [1.29, 1.82) is 0 Å². The van der Waals surface area contributed by atoms with Crippen molar-refractivity contribution in [2.24, 2.45) is 11.7 Å². The number of rotatable bonds is 7. The van der Waals surface area contributed by atoms with Crippen molar-refractivity contribution in [3.8, 4) is 0 Å². The van der Waals surface area contributed by atoms with Crippen molar-refractivity contribution in [2.45, 2.75) is 53.0 Å². The first-order chi connectivity index (χ1) is 9.32. The first-order valence-corrected chi connectivity index (χ1v) is 7.24. The molecule has 0 aromatic carbocycles. The molecule has 0 saturated heterocycles. The molecule has 0 radical (unpaired) electrons. The predicted molar refractivity (Wildman–Crippen MR) is 79.4 cm³/mol. The zero-order chi connectivity index (χ0) is 15.3. The SMILES string of the molecule is Cc1noc(C)c1CCC(=O)N(C)CCC(N)C(C)C. The highest BCUT2D eigenvalue weighted by Crippen LogP contribution is 2.15. The Morgan fingerprint density at radius 2 is 2.05 bits per heavy atom. The van der Waals surface area contributed by atoms with Gasteiger partial charge in [0.25, 0.3) is 0 Å². The highest BCUT2D eigenvalue weighted by atomic mass is 16.5. The molecule has 1 atom stereocenters. The van der Waals surface area contributed by atoms with Gasteiger partial charge >= 0.3 is 0 Å². The van der Waals surface area contributed by atoms with Gasteiger partial charge in [-0.3, -0.25) is 4.79 Å². The quantitative estimate of drug-likeness (QED) is 0.830. The molecule has 0 fully saturated rings. The third-order valence-electron chi connectivity index (χ3n) is 3.85. The maximum Gasteiger partial charge on any atom is 0.222 e. The average molecular weight is 281 g/mol. The molecule has 0 saturated carbocycles. The third-order valence-corrected chi connectivity index (χ3v) is 3.85. The minimum Gasteiger partial charge on any atom is -0.361 e. The first-order valence-electron chi connectivity index (χ1n) is 7.24. The lowest BCUT2D eigenvalue weighted by molar-refractivity contribution is -0.129. The molecule has 0 spiro atoms. The van der Waals surface area contributed by atoms with Gasteiger partial charge in [0.2, 0.25) is 5.91 Å². The number of amides is 1. The fraction of sp³-hybridized carbons (Fsp3) is 0.733. The van der Waals surface area contributed by atoms with Crippen molar-refractivity contribution in [3.05, 3.63) is 17.0 Å². The molecule has 114 valence electrons. The Balaban J connectivity index is 2.39. The minimum absolute atomic E-state index is 0.140. The highest BCUT2D eigenvalue weighted by Gasteiger charge is 2.15. The van der Waals surface area contributed by atoms with Crippen LogP contribution in [-0.2, 0) is 11.2 Å². The second-order valence-corrected chi connectivity index (χ2v) is 5.81. The summed E-state index contributed by atoms with van der Waals surface area (Å²) in [4.78, 5) is 13.8. The van der Waals surface area contributed by atoms with Gasteiger partial charge in [-0.1, -0.05) is 19.0 Å². The van der Waals surface area contributed by atoms with Crippen LogP contribution < -0.4 is 5.73 Å². The lowest BCUT2D eigenvalue weighted by Gasteiger charge is -2.21. The lowest BCUT2D eigenvalue weighted by Crippen LogP contribution is -2.34. The van der Waals surface area contributed by atoms with E-state index >= 15 is 0 Å². The molecule has 5 nitrogen and oxygen atoms in total. The maximum absolute atomic E-state index is 12.1. The van der Waals surface area contributed by atoms with Gasteiger partial charge in [0.15, 0.2) is 0 Å². The predicted octanol–water partition coefficient (Wildman–Crippen LogP) is 2.06. The molecule has 1 unspecified atom stereocenters. The van der Waals surface area contributed by atoms with Crippen LogP contribution in [0.25, 0.3) is 0 Å². The number of aromatic nitrogens is 1. The van der Waals surface area contributed by atoms with Crippen LogP contribution in [0, 0.1) is 19.8 Å². The van der Waals surface area contributed by atoms with Gasteiger partial charge in [0.05, 0.1) is 5.69 Å².